The van der Waals surface area contributed by atoms with Crippen molar-refractivity contribution in [2.45, 2.75) is 32.8 Å². The van der Waals surface area contributed by atoms with Gasteiger partial charge in [0.15, 0.2) is 0 Å². The van der Waals surface area contributed by atoms with Gasteiger partial charge in [0.25, 0.3) is 0 Å². The molecule has 3 nitrogen and oxygen atoms in total. The van der Waals surface area contributed by atoms with Crippen molar-refractivity contribution in [1.29, 1.82) is 0 Å². The molecule has 0 saturated heterocycles. The zero-order chi connectivity index (χ0) is 8.65. The van der Waals surface area contributed by atoms with E-state index in [2.05, 4.69) is 16.9 Å². The second-order valence-electron chi connectivity index (χ2n) is 2.80. The first-order valence-corrected chi connectivity index (χ1v) is 4.49. The van der Waals surface area contributed by atoms with E-state index in [0.717, 1.165) is 18.9 Å². The first-order valence-electron chi connectivity index (χ1n) is 4.49. The Hall–Kier alpha value is -0.830. The Bertz CT molecular complexity index is 184. The first kappa shape index (κ1) is 9.26. The normalized spacial score (nSPS) is 10.4. The Morgan fingerprint density at radius 2 is 2.42 bits per heavy atom. The molecule has 1 aromatic heterocycles. The van der Waals surface area contributed by atoms with Gasteiger partial charge < -0.3 is 9.72 Å². The maximum absolute atomic E-state index is 5.39. The summed E-state index contributed by atoms with van der Waals surface area (Å²) in [4.78, 5) is 7.05. The Balaban J connectivity index is 1.96. The Morgan fingerprint density at radius 3 is 3.08 bits per heavy atom. The Kier molecular flexibility index (Phi) is 4.46. The summed E-state index contributed by atoms with van der Waals surface area (Å²) in [5.41, 5.74) is 0. The number of aromatic nitrogens is 2. The molecule has 1 N–H and O–H groups in total. The molecular weight excluding hydrogens is 152 g/mol. The van der Waals surface area contributed by atoms with Gasteiger partial charge in [-0.25, -0.2) is 4.98 Å². The van der Waals surface area contributed by atoms with Crippen molar-refractivity contribution >= 4 is 0 Å². The summed E-state index contributed by atoms with van der Waals surface area (Å²) in [7, 11) is 0. The number of unbranched alkanes of at least 4 members (excludes halogenated alkanes) is 2. The van der Waals surface area contributed by atoms with Gasteiger partial charge in [0.1, 0.15) is 12.4 Å². The molecule has 0 atom stereocenters. The second-order valence-corrected chi connectivity index (χ2v) is 2.80. The average Bonchev–Trinajstić information content (AvgIpc) is 2.57. The zero-order valence-electron chi connectivity index (χ0n) is 7.55. The van der Waals surface area contributed by atoms with Crippen LogP contribution in [0.25, 0.3) is 0 Å². The van der Waals surface area contributed by atoms with Crippen molar-refractivity contribution < 1.29 is 4.74 Å². The standard InChI is InChI=1S/C9H16N2O/c1-2-3-4-7-12-8-9-10-5-6-11-9/h5-6H,2-4,7-8H2,1H3,(H,10,11). The lowest BCUT2D eigenvalue weighted by Gasteiger charge is -2.00. The minimum atomic E-state index is 0.608. The Labute approximate surface area is 73.2 Å². The predicted octanol–water partition coefficient (Wildman–Crippen LogP) is 2.12. The van der Waals surface area contributed by atoms with Gasteiger partial charge in [0.2, 0.25) is 0 Å². The molecule has 0 amide bonds. The average molecular weight is 168 g/mol. The molecule has 0 aliphatic rings. The Morgan fingerprint density at radius 1 is 1.50 bits per heavy atom. The van der Waals surface area contributed by atoms with Gasteiger partial charge in [0.05, 0.1) is 0 Å². The highest BCUT2D eigenvalue weighted by Crippen LogP contribution is 1.97. The summed E-state index contributed by atoms with van der Waals surface area (Å²) in [6.07, 6.45) is 7.19. The lowest BCUT2D eigenvalue weighted by atomic mass is 10.3. The number of hydrogen-bond donors (Lipinski definition) is 1. The largest absolute Gasteiger partial charge is 0.374 e. The van der Waals surface area contributed by atoms with Crippen LogP contribution < -0.4 is 0 Å². The van der Waals surface area contributed by atoms with E-state index in [1.54, 1.807) is 6.20 Å². The molecule has 0 aromatic carbocycles. The maximum atomic E-state index is 5.39. The molecule has 3 heteroatoms. The van der Waals surface area contributed by atoms with Crippen molar-refractivity contribution in [3.05, 3.63) is 18.2 Å². The van der Waals surface area contributed by atoms with Crippen LogP contribution in [0.3, 0.4) is 0 Å². The molecule has 0 radical (unpaired) electrons. The third-order valence-corrected chi connectivity index (χ3v) is 1.69. The number of nitrogens with zero attached hydrogens (tertiary/aromatic N) is 1. The van der Waals surface area contributed by atoms with E-state index < -0.39 is 0 Å². The van der Waals surface area contributed by atoms with Crippen LogP contribution in [0.2, 0.25) is 0 Å². The number of ether oxygens (including phenoxy) is 1. The molecule has 0 saturated carbocycles. The highest BCUT2D eigenvalue weighted by Gasteiger charge is 1.93. The summed E-state index contributed by atoms with van der Waals surface area (Å²) in [5, 5.41) is 0. The third-order valence-electron chi connectivity index (χ3n) is 1.69. The van der Waals surface area contributed by atoms with Crippen molar-refractivity contribution in [2.24, 2.45) is 0 Å². The van der Waals surface area contributed by atoms with Gasteiger partial charge >= 0.3 is 0 Å². The molecule has 0 fully saturated rings. The minimum absolute atomic E-state index is 0.608. The van der Waals surface area contributed by atoms with Gasteiger partial charge in [-0.1, -0.05) is 19.8 Å². The van der Waals surface area contributed by atoms with Crippen molar-refractivity contribution in [3.63, 3.8) is 0 Å². The van der Waals surface area contributed by atoms with E-state index in [-0.39, 0.29) is 0 Å². The van der Waals surface area contributed by atoms with Crippen LogP contribution >= 0.6 is 0 Å². The van der Waals surface area contributed by atoms with E-state index in [1.165, 1.54) is 12.8 Å². The highest BCUT2D eigenvalue weighted by molar-refractivity contribution is 4.83. The molecule has 12 heavy (non-hydrogen) atoms. The van der Waals surface area contributed by atoms with E-state index in [1.807, 2.05) is 6.20 Å². The molecule has 1 rings (SSSR count). The third kappa shape index (κ3) is 3.53. The number of rotatable bonds is 6. The van der Waals surface area contributed by atoms with Gasteiger partial charge in [-0.05, 0) is 6.42 Å². The monoisotopic (exact) mass is 168 g/mol. The lowest BCUT2D eigenvalue weighted by molar-refractivity contribution is 0.112. The minimum Gasteiger partial charge on any atom is -0.374 e. The molecule has 0 unspecified atom stereocenters. The molecular formula is C9H16N2O. The van der Waals surface area contributed by atoms with Crippen molar-refractivity contribution in [2.75, 3.05) is 6.61 Å². The van der Waals surface area contributed by atoms with Gasteiger partial charge in [-0.2, -0.15) is 0 Å². The van der Waals surface area contributed by atoms with E-state index in [4.69, 9.17) is 4.74 Å². The van der Waals surface area contributed by atoms with Crippen LogP contribution in [0.1, 0.15) is 32.0 Å². The fraction of sp³-hybridized carbons (Fsp3) is 0.667. The molecule has 1 heterocycles. The fourth-order valence-corrected chi connectivity index (χ4v) is 1.000. The highest BCUT2D eigenvalue weighted by atomic mass is 16.5. The van der Waals surface area contributed by atoms with Gasteiger partial charge in [0, 0.05) is 19.0 Å². The van der Waals surface area contributed by atoms with Gasteiger partial charge in [-0.3, -0.25) is 0 Å². The molecule has 0 bridgehead atoms. The van der Waals surface area contributed by atoms with Crippen LogP contribution in [0.4, 0.5) is 0 Å². The van der Waals surface area contributed by atoms with Crippen molar-refractivity contribution in [1.82, 2.24) is 9.97 Å². The van der Waals surface area contributed by atoms with E-state index in [0.29, 0.717) is 6.61 Å². The summed E-state index contributed by atoms with van der Waals surface area (Å²) in [5.74, 6) is 0.909. The van der Waals surface area contributed by atoms with Crippen LogP contribution in [-0.4, -0.2) is 16.6 Å². The quantitative estimate of drug-likeness (QED) is 0.661. The molecule has 0 aliphatic heterocycles. The lowest BCUT2D eigenvalue weighted by Crippen LogP contribution is -1.96. The number of H-pyrrole nitrogens is 1. The van der Waals surface area contributed by atoms with Crippen molar-refractivity contribution in [3.8, 4) is 0 Å². The number of imidazole rings is 1. The molecule has 68 valence electrons. The van der Waals surface area contributed by atoms with E-state index >= 15 is 0 Å². The molecule has 0 spiro atoms. The number of hydrogen-bond acceptors (Lipinski definition) is 2. The number of aromatic amines is 1. The number of nitrogens with one attached hydrogen (secondary N) is 1. The van der Waals surface area contributed by atoms with E-state index in [9.17, 15) is 0 Å². The summed E-state index contributed by atoms with van der Waals surface area (Å²) in [6.45, 7) is 3.64. The molecule has 1 aromatic rings. The summed E-state index contributed by atoms with van der Waals surface area (Å²) in [6, 6.07) is 0. The fourth-order valence-electron chi connectivity index (χ4n) is 1.000. The summed E-state index contributed by atoms with van der Waals surface area (Å²) < 4.78 is 5.39. The van der Waals surface area contributed by atoms with Crippen LogP contribution in [0.15, 0.2) is 12.4 Å². The first-order chi connectivity index (χ1) is 5.93. The smallest absolute Gasteiger partial charge is 0.132 e. The van der Waals surface area contributed by atoms with Gasteiger partial charge in [-0.15, -0.1) is 0 Å². The zero-order valence-corrected chi connectivity index (χ0v) is 7.55. The molecule has 0 aliphatic carbocycles. The van der Waals surface area contributed by atoms with Crippen LogP contribution in [-0.2, 0) is 11.3 Å². The van der Waals surface area contributed by atoms with Crippen LogP contribution in [0, 0.1) is 0 Å². The maximum Gasteiger partial charge on any atom is 0.132 e. The van der Waals surface area contributed by atoms with Crippen LogP contribution in [0.5, 0.6) is 0 Å². The topological polar surface area (TPSA) is 37.9 Å². The second kappa shape index (κ2) is 5.77. The summed E-state index contributed by atoms with van der Waals surface area (Å²) >= 11 is 0. The predicted molar refractivity (Wildman–Crippen MR) is 47.8 cm³/mol. The SMILES string of the molecule is CCCCCOCc1ncc[nH]1.